The summed E-state index contributed by atoms with van der Waals surface area (Å²) in [5, 5.41) is 7.53. The van der Waals surface area contributed by atoms with Gasteiger partial charge in [-0.2, -0.15) is 0 Å². The van der Waals surface area contributed by atoms with Gasteiger partial charge in [0.25, 0.3) is 0 Å². The van der Waals surface area contributed by atoms with Gasteiger partial charge >= 0.3 is 6.25 Å². The summed E-state index contributed by atoms with van der Waals surface area (Å²) in [4.78, 5) is 12.1. The summed E-state index contributed by atoms with van der Waals surface area (Å²) in [5.41, 5.74) is 0. The van der Waals surface area contributed by atoms with E-state index >= 15 is 0 Å². The lowest BCUT2D eigenvalue weighted by molar-refractivity contribution is -0.118. The third kappa shape index (κ3) is 3.31. The van der Waals surface area contributed by atoms with Gasteiger partial charge in [0.2, 0.25) is 6.41 Å². The zero-order valence-electron chi connectivity index (χ0n) is 7.17. The van der Waals surface area contributed by atoms with Crippen LogP contribution in [0.1, 0.15) is 12.8 Å². The van der Waals surface area contributed by atoms with Crippen LogP contribution in [0.3, 0.4) is 0 Å². The van der Waals surface area contributed by atoms with Gasteiger partial charge in [0.1, 0.15) is 6.04 Å². The third-order valence-corrected chi connectivity index (χ3v) is 3.10. The van der Waals surface area contributed by atoms with E-state index in [1.807, 2.05) is 0 Å². The SMILES string of the molecule is N=C(O[Si](Cl)(Cl)Cl)[C@@H]1CCCN1C=O. The summed E-state index contributed by atoms with van der Waals surface area (Å²) >= 11 is 16.5. The Morgan fingerprint density at radius 3 is 2.71 bits per heavy atom. The summed E-state index contributed by atoms with van der Waals surface area (Å²) in [5.74, 6) is -0.124. The average molecular weight is 276 g/mol. The number of likely N-dealkylation sites (tertiary alicyclic amines) is 1. The number of hydrogen-bond donors (Lipinski definition) is 1. The molecule has 1 N–H and O–H groups in total. The van der Waals surface area contributed by atoms with Crippen LogP contribution in [0.15, 0.2) is 0 Å². The Balaban J connectivity index is 2.56. The molecule has 1 rings (SSSR count). The van der Waals surface area contributed by atoms with Crippen molar-refractivity contribution in [2.45, 2.75) is 18.9 Å². The number of carbonyl (C=O) groups is 1. The van der Waals surface area contributed by atoms with Crippen molar-refractivity contribution in [1.82, 2.24) is 4.90 Å². The zero-order chi connectivity index (χ0) is 10.8. The largest absolute Gasteiger partial charge is 0.556 e. The van der Waals surface area contributed by atoms with Crippen molar-refractivity contribution in [3.8, 4) is 0 Å². The van der Waals surface area contributed by atoms with Gasteiger partial charge < -0.3 is 9.33 Å². The van der Waals surface area contributed by atoms with E-state index in [2.05, 4.69) is 0 Å². The maximum Gasteiger partial charge on any atom is 0.556 e. The number of amides is 1. The fourth-order valence-electron chi connectivity index (χ4n) is 1.39. The molecule has 0 saturated carbocycles. The zero-order valence-corrected chi connectivity index (χ0v) is 10.4. The van der Waals surface area contributed by atoms with Crippen molar-refractivity contribution < 1.29 is 9.22 Å². The maximum absolute atomic E-state index is 10.6. The first-order valence-electron chi connectivity index (χ1n) is 3.99. The number of hydrogen-bond acceptors (Lipinski definition) is 3. The summed E-state index contributed by atoms with van der Waals surface area (Å²) < 4.78 is 4.87. The Kier molecular flexibility index (Phi) is 4.06. The lowest BCUT2D eigenvalue weighted by Gasteiger charge is -2.22. The predicted octanol–water partition coefficient (Wildman–Crippen LogP) is 1.75. The molecule has 8 heteroatoms. The summed E-state index contributed by atoms with van der Waals surface area (Å²) in [6.45, 7) is 0.626. The summed E-state index contributed by atoms with van der Waals surface area (Å²) in [6.07, 6.45) is -1.06. The van der Waals surface area contributed by atoms with Crippen molar-refractivity contribution in [3.63, 3.8) is 0 Å². The van der Waals surface area contributed by atoms with Crippen molar-refractivity contribution in [2.24, 2.45) is 0 Å². The monoisotopic (exact) mass is 274 g/mol. The highest BCUT2D eigenvalue weighted by Gasteiger charge is 2.36. The Hall–Kier alpha value is 0.0269. The Morgan fingerprint density at radius 2 is 2.21 bits per heavy atom. The molecule has 0 aromatic heterocycles. The van der Waals surface area contributed by atoms with E-state index in [4.69, 9.17) is 43.1 Å². The number of halogens is 3. The van der Waals surface area contributed by atoms with E-state index < -0.39 is 6.25 Å². The molecule has 0 spiro atoms. The highest BCUT2D eigenvalue weighted by molar-refractivity contribution is 7.62. The van der Waals surface area contributed by atoms with E-state index in [0.29, 0.717) is 19.4 Å². The molecule has 1 atom stereocenters. The molecule has 0 aromatic carbocycles. The Morgan fingerprint density at radius 1 is 1.57 bits per heavy atom. The smallest absolute Gasteiger partial charge is 0.495 e. The van der Waals surface area contributed by atoms with Crippen molar-refractivity contribution in [2.75, 3.05) is 6.54 Å². The van der Waals surface area contributed by atoms with E-state index in [-0.39, 0.29) is 11.9 Å². The molecule has 80 valence electrons. The minimum atomic E-state index is -3.28. The number of nitrogens with one attached hydrogen (secondary N) is 1. The van der Waals surface area contributed by atoms with Crippen LogP contribution in [-0.2, 0) is 9.22 Å². The van der Waals surface area contributed by atoms with Crippen LogP contribution < -0.4 is 0 Å². The fourth-order valence-corrected chi connectivity index (χ4v) is 2.52. The first-order valence-corrected chi connectivity index (χ1v) is 8.93. The lowest BCUT2D eigenvalue weighted by Crippen LogP contribution is -2.39. The van der Waals surface area contributed by atoms with Crippen LogP contribution >= 0.6 is 33.2 Å². The van der Waals surface area contributed by atoms with Gasteiger partial charge in [-0.1, -0.05) is 33.2 Å². The van der Waals surface area contributed by atoms with E-state index in [0.717, 1.165) is 6.42 Å². The number of rotatable bonds is 3. The first-order chi connectivity index (χ1) is 6.44. The summed E-state index contributed by atoms with van der Waals surface area (Å²) in [7, 11) is 0. The second-order valence-corrected chi connectivity index (χ2v) is 10.5. The van der Waals surface area contributed by atoms with Crippen molar-refractivity contribution in [1.29, 1.82) is 5.41 Å². The molecule has 1 amide bonds. The topological polar surface area (TPSA) is 53.4 Å². The summed E-state index contributed by atoms with van der Waals surface area (Å²) in [6, 6.07) is -0.365. The van der Waals surface area contributed by atoms with Gasteiger partial charge in [0, 0.05) is 6.54 Å². The second kappa shape index (κ2) is 4.70. The molecular formula is C6H9Cl3N2O2Si. The molecule has 4 nitrogen and oxygen atoms in total. The van der Waals surface area contributed by atoms with Crippen LogP contribution in [-0.4, -0.2) is 36.0 Å². The molecule has 1 aliphatic heterocycles. The van der Waals surface area contributed by atoms with Crippen LogP contribution in [0.25, 0.3) is 0 Å². The number of carbonyl (C=O) groups excluding carboxylic acids is 1. The van der Waals surface area contributed by atoms with Gasteiger partial charge in [0.05, 0.1) is 0 Å². The molecular weight excluding hydrogens is 267 g/mol. The Labute approximate surface area is 96.8 Å². The third-order valence-electron chi connectivity index (χ3n) is 1.96. The standard InChI is InChI=1S/C6H9Cl3N2O2Si/c7-14(8,9)13-6(10)5-2-1-3-11(5)4-12/h4-5,10H,1-3H2/t5-/m0/s1. The van der Waals surface area contributed by atoms with Gasteiger partial charge in [-0.15, -0.1) is 0 Å². The van der Waals surface area contributed by atoms with Crippen LogP contribution in [0, 0.1) is 5.41 Å². The molecule has 1 fully saturated rings. The van der Waals surface area contributed by atoms with E-state index in [1.54, 1.807) is 0 Å². The minimum Gasteiger partial charge on any atom is -0.495 e. The lowest BCUT2D eigenvalue weighted by atomic mass is 10.2. The highest BCUT2D eigenvalue weighted by atomic mass is 35.8. The average Bonchev–Trinajstić information content (AvgIpc) is 2.47. The molecule has 14 heavy (non-hydrogen) atoms. The highest BCUT2D eigenvalue weighted by Crippen LogP contribution is 2.25. The number of nitrogens with zero attached hydrogens (tertiary/aromatic N) is 1. The second-order valence-electron chi connectivity index (χ2n) is 2.91. The van der Waals surface area contributed by atoms with Gasteiger partial charge in [-0.3, -0.25) is 10.2 Å². The first kappa shape index (κ1) is 12.1. The predicted molar refractivity (Wildman–Crippen MR) is 57.9 cm³/mol. The van der Waals surface area contributed by atoms with Crippen molar-refractivity contribution >= 4 is 51.8 Å². The van der Waals surface area contributed by atoms with Crippen LogP contribution in [0.2, 0.25) is 0 Å². The quantitative estimate of drug-likeness (QED) is 0.280. The minimum absolute atomic E-state index is 0.124. The molecule has 0 radical (unpaired) electrons. The molecule has 1 heterocycles. The van der Waals surface area contributed by atoms with Crippen LogP contribution in [0.4, 0.5) is 0 Å². The van der Waals surface area contributed by atoms with E-state index in [9.17, 15) is 4.79 Å². The molecule has 0 bridgehead atoms. The molecule has 0 aliphatic carbocycles. The van der Waals surface area contributed by atoms with Gasteiger partial charge in [-0.25, -0.2) is 0 Å². The maximum atomic E-state index is 10.6. The van der Waals surface area contributed by atoms with Crippen LogP contribution in [0.5, 0.6) is 0 Å². The van der Waals surface area contributed by atoms with Gasteiger partial charge in [0.15, 0.2) is 5.90 Å². The molecule has 1 saturated heterocycles. The van der Waals surface area contributed by atoms with Crippen molar-refractivity contribution in [3.05, 3.63) is 0 Å². The molecule has 0 unspecified atom stereocenters. The van der Waals surface area contributed by atoms with E-state index in [1.165, 1.54) is 4.90 Å². The van der Waals surface area contributed by atoms with Gasteiger partial charge in [-0.05, 0) is 12.8 Å². The molecule has 0 aromatic rings. The normalized spacial score (nSPS) is 22.2. The Bertz CT molecular complexity index is 246. The fraction of sp³-hybridized carbons (Fsp3) is 0.667. The molecule has 1 aliphatic rings.